The molecule has 4 nitrogen and oxygen atoms in total. The zero-order valence-electron chi connectivity index (χ0n) is 13.1. The van der Waals surface area contributed by atoms with Gasteiger partial charge in [0.05, 0.1) is 5.69 Å². The zero-order valence-corrected chi connectivity index (χ0v) is 13.9. The van der Waals surface area contributed by atoms with E-state index in [9.17, 15) is 4.79 Å². The largest absolute Gasteiger partial charge is 0.290 e. The molecule has 4 rings (SSSR count). The lowest BCUT2D eigenvalue weighted by atomic mass is 9.97. The van der Waals surface area contributed by atoms with E-state index in [2.05, 4.69) is 28.3 Å². The average Bonchev–Trinajstić information content (AvgIpc) is 3.03. The van der Waals surface area contributed by atoms with E-state index in [1.54, 1.807) is 16.7 Å². The van der Waals surface area contributed by atoms with Gasteiger partial charge in [-0.15, -0.1) is 11.3 Å². The number of nitrogens with zero attached hydrogens (tertiary/aromatic N) is 3. The van der Waals surface area contributed by atoms with E-state index in [4.69, 9.17) is 0 Å². The Labute approximate surface area is 139 Å². The first-order chi connectivity index (χ1) is 11.3. The van der Waals surface area contributed by atoms with Crippen LogP contribution >= 0.6 is 11.3 Å². The average molecular weight is 325 g/mol. The van der Waals surface area contributed by atoms with Gasteiger partial charge in [0, 0.05) is 36.3 Å². The third-order valence-corrected chi connectivity index (χ3v) is 5.58. The topological polar surface area (TPSA) is 37.6 Å². The summed E-state index contributed by atoms with van der Waals surface area (Å²) in [7, 11) is 0. The molecule has 3 aromatic heterocycles. The maximum absolute atomic E-state index is 12.3. The highest BCUT2D eigenvalue weighted by atomic mass is 32.1. The second-order valence-corrected chi connectivity index (χ2v) is 6.96. The molecule has 0 unspecified atom stereocenters. The summed E-state index contributed by atoms with van der Waals surface area (Å²) in [5.74, 6) is 0. The molecule has 23 heavy (non-hydrogen) atoms. The second-order valence-electron chi connectivity index (χ2n) is 5.96. The Bertz CT molecular complexity index is 898. The fraction of sp³-hybridized carbons (Fsp3) is 0.333. The van der Waals surface area contributed by atoms with E-state index in [0.717, 1.165) is 37.3 Å². The molecule has 1 atom stereocenters. The fourth-order valence-corrected chi connectivity index (χ4v) is 4.44. The molecule has 0 saturated carbocycles. The number of aromatic nitrogens is 2. The van der Waals surface area contributed by atoms with Crippen LogP contribution in [0.1, 0.15) is 35.5 Å². The van der Waals surface area contributed by atoms with Crippen LogP contribution in [0.3, 0.4) is 0 Å². The molecule has 0 saturated heterocycles. The summed E-state index contributed by atoms with van der Waals surface area (Å²) >= 11 is 1.86. The molecule has 0 fully saturated rings. The molecule has 3 aromatic rings. The lowest BCUT2D eigenvalue weighted by Crippen LogP contribution is -2.34. The molecule has 118 valence electrons. The standard InChI is InChI=1S/C18H19N3OS/c1-2-15-14-7-10-23-16(14)6-9-20(15)12-13-11-18(22)21-8-4-3-5-17(21)19-13/h3-5,7-8,10-11,15H,2,6,9,12H2,1H3/t15-/m0/s1. The Kier molecular flexibility index (Phi) is 3.75. The van der Waals surface area contributed by atoms with Gasteiger partial charge < -0.3 is 0 Å². The van der Waals surface area contributed by atoms with E-state index in [1.807, 2.05) is 29.5 Å². The Morgan fingerprint density at radius 2 is 2.26 bits per heavy atom. The van der Waals surface area contributed by atoms with Crippen molar-refractivity contribution in [3.63, 3.8) is 0 Å². The normalized spacial score (nSPS) is 18.2. The molecule has 0 aromatic carbocycles. The highest BCUT2D eigenvalue weighted by Crippen LogP contribution is 2.35. The summed E-state index contributed by atoms with van der Waals surface area (Å²) in [5.41, 5.74) is 3.03. The molecule has 0 radical (unpaired) electrons. The maximum atomic E-state index is 12.3. The number of fused-ring (bicyclic) bond motifs is 2. The SMILES string of the molecule is CC[C@H]1c2ccsc2CCN1Cc1cc(=O)n2ccccc2n1. The van der Waals surface area contributed by atoms with Crippen molar-refractivity contribution >= 4 is 17.0 Å². The number of hydrogen-bond donors (Lipinski definition) is 0. The van der Waals surface area contributed by atoms with E-state index in [-0.39, 0.29) is 5.56 Å². The van der Waals surface area contributed by atoms with Crippen LogP contribution in [0.2, 0.25) is 0 Å². The summed E-state index contributed by atoms with van der Waals surface area (Å²) in [6.07, 6.45) is 3.94. The van der Waals surface area contributed by atoms with Crippen LogP contribution in [0.25, 0.3) is 5.65 Å². The molecular formula is C18H19N3OS. The van der Waals surface area contributed by atoms with Crippen molar-refractivity contribution in [2.75, 3.05) is 6.54 Å². The van der Waals surface area contributed by atoms with Crippen molar-refractivity contribution in [1.29, 1.82) is 0 Å². The first kappa shape index (κ1) is 14.6. The van der Waals surface area contributed by atoms with Crippen molar-refractivity contribution in [3.8, 4) is 0 Å². The van der Waals surface area contributed by atoms with Gasteiger partial charge in [0.2, 0.25) is 0 Å². The minimum atomic E-state index is -0.00752. The molecule has 1 aliphatic rings. The third-order valence-electron chi connectivity index (χ3n) is 4.58. The van der Waals surface area contributed by atoms with Gasteiger partial charge in [-0.3, -0.25) is 14.1 Å². The summed E-state index contributed by atoms with van der Waals surface area (Å²) < 4.78 is 1.59. The molecule has 0 amide bonds. The Morgan fingerprint density at radius 1 is 1.35 bits per heavy atom. The highest BCUT2D eigenvalue weighted by molar-refractivity contribution is 7.10. The van der Waals surface area contributed by atoms with Gasteiger partial charge in [0.1, 0.15) is 5.65 Å². The van der Waals surface area contributed by atoms with Crippen LogP contribution < -0.4 is 5.56 Å². The third kappa shape index (κ3) is 2.60. The monoisotopic (exact) mass is 325 g/mol. The predicted octanol–water partition coefficient (Wildman–Crippen LogP) is 3.27. The van der Waals surface area contributed by atoms with Gasteiger partial charge in [-0.2, -0.15) is 0 Å². The number of hydrogen-bond acceptors (Lipinski definition) is 4. The number of pyridine rings is 1. The van der Waals surface area contributed by atoms with Crippen LogP contribution in [0.15, 0.2) is 46.7 Å². The summed E-state index contributed by atoms with van der Waals surface area (Å²) in [4.78, 5) is 20.9. The summed E-state index contributed by atoms with van der Waals surface area (Å²) in [6.45, 7) is 3.99. The first-order valence-corrected chi connectivity index (χ1v) is 8.92. The second kappa shape index (κ2) is 5.91. The molecule has 1 aliphatic heterocycles. The first-order valence-electron chi connectivity index (χ1n) is 8.04. The Morgan fingerprint density at radius 3 is 3.13 bits per heavy atom. The minimum Gasteiger partial charge on any atom is -0.290 e. The summed E-state index contributed by atoms with van der Waals surface area (Å²) in [6, 6.07) is 10.0. The van der Waals surface area contributed by atoms with Crippen molar-refractivity contribution in [2.45, 2.75) is 32.4 Å². The van der Waals surface area contributed by atoms with E-state index in [0.29, 0.717) is 6.04 Å². The maximum Gasteiger partial charge on any atom is 0.258 e. The van der Waals surface area contributed by atoms with Crippen LogP contribution in [0, 0.1) is 0 Å². The van der Waals surface area contributed by atoms with Gasteiger partial charge in [-0.05, 0) is 42.0 Å². The highest BCUT2D eigenvalue weighted by Gasteiger charge is 2.27. The van der Waals surface area contributed by atoms with Gasteiger partial charge in [0.15, 0.2) is 0 Å². The molecule has 4 heterocycles. The Hall–Kier alpha value is -1.98. The van der Waals surface area contributed by atoms with Crippen molar-refractivity contribution in [3.05, 3.63) is 68.4 Å². The number of rotatable bonds is 3. The molecule has 0 bridgehead atoms. The molecule has 0 aliphatic carbocycles. The van der Waals surface area contributed by atoms with E-state index >= 15 is 0 Å². The smallest absolute Gasteiger partial charge is 0.258 e. The molecular weight excluding hydrogens is 306 g/mol. The zero-order chi connectivity index (χ0) is 15.8. The summed E-state index contributed by atoms with van der Waals surface area (Å²) in [5, 5.41) is 2.19. The van der Waals surface area contributed by atoms with Crippen LogP contribution in [0.4, 0.5) is 0 Å². The fourth-order valence-electron chi connectivity index (χ4n) is 3.51. The van der Waals surface area contributed by atoms with Crippen LogP contribution in [0.5, 0.6) is 0 Å². The minimum absolute atomic E-state index is 0.00752. The molecule has 5 heteroatoms. The van der Waals surface area contributed by atoms with Crippen LogP contribution in [-0.4, -0.2) is 20.8 Å². The predicted molar refractivity (Wildman–Crippen MR) is 92.9 cm³/mol. The van der Waals surface area contributed by atoms with Crippen molar-refractivity contribution < 1.29 is 0 Å². The van der Waals surface area contributed by atoms with E-state index < -0.39 is 0 Å². The van der Waals surface area contributed by atoms with E-state index in [1.165, 1.54) is 10.4 Å². The quantitative estimate of drug-likeness (QED) is 0.742. The van der Waals surface area contributed by atoms with Crippen LogP contribution in [-0.2, 0) is 13.0 Å². The molecule has 0 spiro atoms. The van der Waals surface area contributed by atoms with Gasteiger partial charge >= 0.3 is 0 Å². The van der Waals surface area contributed by atoms with Crippen molar-refractivity contribution in [2.24, 2.45) is 0 Å². The van der Waals surface area contributed by atoms with Gasteiger partial charge in [0.25, 0.3) is 5.56 Å². The Balaban J connectivity index is 1.67. The van der Waals surface area contributed by atoms with Gasteiger partial charge in [-0.1, -0.05) is 13.0 Å². The lowest BCUT2D eigenvalue weighted by molar-refractivity contribution is 0.171. The van der Waals surface area contributed by atoms with Gasteiger partial charge in [-0.25, -0.2) is 4.98 Å². The number of thiophene rings is 1. The lowest BCUT2D eigenvalue weighted by Gasteiger charge is -2.35. The van der Waals surface area contributed by atoms with Crippen molar-refractivity contribution in [1.82, 2.24) is 14.3 Å². The molecule has 0 N–H and O–H groups in total.